The van der Waals surface area contributed by atoms with Crippen LogP contribution in [0.3, 0.4) is 0 Å². The van der Waals surface area contributed by atoms with E-state index in [1.807, 2.05) is 0 Å². The Morgan fingerprint density at radius 3 is 2.89 bits per heavy atom. The van der Waals surface area contributed by atoms with Crippen molar-refractivity contribution in [1.82, 2.24) is 14.9 Å². The van der Waals surface area contributed by atoms with Gasteiger partial charge in [-0.2, -0.15) is 4.98 Å². The van der Waals surface area contributed by atoms with E-state index in [2.05, 4.69) is 9.97 Å². The molecule has 1 aromatic heterocycles. The normalized spacial score (nSPS) is 16.6. The summed E-state index contributed by atoms with van der Waals surface area (Å²) in [6.07, 6.45) is 1.86. The minimum atomic E-state index is -0.486. The number of hydrogen-bond acceptors (Lipinski definition) is 5. The maximum absolute atomic E-state index is 13.6. The molecule has 2 rings (SSSR count). The Hall–Kier alpha value is -1.92. The molecule has 98 valence electrons. The molecule has 0 atom stereocenters. The summed E-state index contributed by atoms with van der Waals surface area (Å²) >= 11 is 0. The summed E-state index contributed by atoms with van der Waals surface area (Å²) in [4.78, 5) is 22.4. The summed E-state index contributed by atoms with van der Waals surface area (Å²) in [6, 6.07) is 0. The lowest BCUT2D eigenvalue weighted by Crippen LogP contribution is -2.34. The number of nitrogens with zero attached hydrogens (tertiary/aromatic N) is 4. The molecule has 0 unspecified atom stereocenters. The van der Waals surface area contributed by atoms with E-state index in [0.29, 0.717) is 26.2 Å². The molecule has 1 saturated heterocycles. The molecule has 1 aliphatic rings. The van der Waals surface area contributed by atoms with Crippen molar-refractivity contribution < 1.29 is 9.18 Å². The third-order valence-corrected chi connectivity index (χ3v) is 2.98. The largest absolute Gasteiger partial charge is 0.368 e. The third-order valence-electron chi connectivity index (χ3n) is 2.98. The van der Waals surface area contributed by atoms with Crippen LogP contribution in [0.25, 0.3) is 0 Å². The number of rotatable bonds is 1. The predicted octanol–water partition coefficient (Wildman–Crippen LogP) is 0.257. The highest BCUT2D eigenvalue weighted by atomic mass is 19.1. The van der Waals surface area contributed by atoms with Gasteiger partial charge >= 0.3 is 0 Å². The average molecular weight is 253 g/mol. The number of hydrogen-bond donors (Lipinski definition) is 1. The van der Waals surface area contributed by atoms with Crippen molar-refractivity contribution in [3.63, 3.8) is 0 Å². The molecular weight excluding hydrogens is 237 g/mol. The van der Waals surface area contributed by atoms with Crippen molar-refractivity contribution in [3.8, 4) is 0 Å². The molecule has 6 nitrogen and oxygen atoms in total. The second-order valence-corrected chi connectivity index (χ2v) is 4.25. The molecule has 1 fully saturated rings. The van der Waals surface area contributed by atoms with Gasteiger partial charge in [-0.3, -0.25) is 4.79 Å². The van der Waals surface area contributed by atoms with Gasteiger partial charge in [-0.25, -0.2) is 9.37 Å². The van der Waals surface area contributed by atoms with Gasteiger partial charge < -0.3 is 15.5 Å². The second kappa shape index (κ2) is 5.16. The van der Waals surface area contributed by atoms with Crippen molar-refractivity contribution in [3.05, 3.63) is 12.0 Å². The van der Waals surface area contributed by atoms with Crippen LogP contribution in [-0.4, -0.2) is 47.0 Å². The molecule has 1 aliphatic heterocycles. The van der Waals surface area contributed by atoms with E-state index in [-0.39, 0.29) is 17.7 Å². The van der Waals surface area contributed by atoms with Crippen molar-refractivity contribution in [2.75, 3.05) is 36.8 Å². The highest BCUT2D eigenvalue weighted by molar-refractivity contribution is 5.73. The topological polar surface area (TPSA) is 75.4 Å². The van der Waals surface area contributed by atoms with Gasteiger partial charge in [-0.05, 0) is 6.42 Å². The van der Waals surface area contributed by atoms with E-state index in [4.69, 9.17) is 5.73 Å². The Bertz CT molecular complexity index is 453. The zero-order valence-corrected chi connectivity index (χ0v) is 10.3. The first-order valence-corrected chi connectivity index (χ1v) is 5.86. The second-order valence-electron chi connectivity index (χ2n) is 4.25. The molecule has 2 N–H and O–H groups in total. The monoisotopic (exact) mass is 253 g/mol. The molecule has 2 heterocycles. The minimum Gasteiger partial charge on any atom is -0.368 e. The Labute approximate surface area is 105 Å². The van der Waals surface area contributed by atoms with E-state index in [1.54, 1.807) is 16.7 Å². The zero-order valence-electron chi connectivity index (χ0n) is 10.3. The van der Waals surface area contributed by atoms with E-state index in [0.717, 1.165) is 12.6 Å². The smallest absolute Gasteiger partial charge is 0.222 e. The molecule has 0 aliphatic carbocycles. The fourth-order valence-corrected chi connectivity index (χ4v) is 2.04. The van der Waals surface area contributed by atoms with Crippen molar-refractivity contribution in [2.45, 2.75) is 13.3 Å². The molecule has 0 spiro atoms. The molecule has 1 aromatic rings. The summed E-state index contributed by atoms with van der Waals surface area (Å²) in [6.45, 7) is 4.00. The van der Waals surface area contributed by atoms with Crippen LogP contribution < -0.4 is 10.6 Å². The lowest BCUT2D eigenvalue weighted by atomic mass is 10.3. The third kappa shape index (κ3) is 2.66. The van der Waals surface area contributed by atoms with Gasteiger partial charge in [0.1, 0.15) is 0 Å². The quantitative estimate of drug-likeness (QED) is 0.776. The molecule has 0 saturated carbocycles. The molecule has 1 amide bonds. The van der Waals surface area contributed by atoms with E-state index in [1.165, 1.54) is 0 Å². The first-order chi connectivity index (χ1) is 8.58. The molecule has 0 radical (unpaired) electrons. The summed E-state index contributed by atoms with van der Waals surface area (Å²) in [5, 5.41) is 0. The molecule has 18 heavy (non-hydrogen) atoms. The van der Waals surface area contributed by atoms with Gasteiger partial charge in [0.2, 0.25) is 11.9 Å². The average Bonchev–Trinajstić information content (AvgIpc) is 2.58. The summed E-state index contributed by atoms with van der Waals surface area (Å²) < 4.78 is 13.6. The number of halogens is 1. The first kappa shape index (κ1) is 12.5. The van der Waals surface area contributed by atoms with Gasteiger partial charge in [-0.1, -0.05) is 0 Å². The van der Waals surface area contributed by atoms with Gasteiger partial charge in [0.25, 0.3) is 0 Å². The van der Waals surface area contributed by atoms with Crippen LogP contribution in [0.15, 0.2) is 6.20 Å². The number of carbonyl (C=O) groups excluding carboxylic acids is 1. The standard InChI is InChI=1S/C11H16FN5O/c1-8(18)16-3-2-4-17(6-5-16)10-9(12)7-14-11(13)15-10/h7H,2-6H2,1H3,(H2,13,14,15). The number of nitrogens with two attached hydrogens (primary N) is 1. The Balaban J connectivity index is 2.14. The van der Waals surface area contributed by atoms with Crippen molar-refractivity contribution >= 4 is 17.7 Å². The number of nitrogen functional groups attached to an aromatic ring is 1. The number of amides is 1. The van der Waals surface area contributed by atoms with Crippen LogP contribution in [0, 0.1) is 5.82 Å². The van der Waals surface area contributed by atoms with E-state index in [9.17, 15) is 9.18 Å². The Morgan fingerprint density at radius 2 is 2.17 bits per heavy atom. The van der Waals surface area contributed by atoms with E-state index >= 15 is 0 Å². The maximum Gasteiger partial charge on any atom is 0.222 e. The number of anilines is 2. The van der Waals surface area contributed by atoms with Gasteiger partial charge in [0, 0.05) is 33.1 Å². The van der Waals surface area contributed by atoms with Gasteiger partial charge in [-0.15, -0.1) is 0 Å². The summed E-state index contributed by atoms with van der Waals surface area (Å²) in [5.41, 5.74) is 5.47. The molecule has 7 heteroatoms. The van der Waals surface area contributed by atoms with Crippen LogP contribution in [0.1, 0.15) is 13.3 Å². The number of aromatic nitrogens is 2. The van der Waals surface area contributed by atoms with Crippen LogP contribution in [0.4, 0.5) is 16.2 Å². The minimum absolute atomic E-state index is 0.0412. The van der Waals surface area contributed by atoms with Crippen LogP contribution >= 0.6 is 0 Å². The van der Waals surface area contributed by atoms with Crippen molar-refractivity contribution in [1.29, 1.82) is 0 Å². The number of carbonyl (C=O) groups is 1. The van der Waals surface area contributed by atoms with Crippen molar-refractivity contribution in [2.24, 2.45) is 0 Å². The lowest BCUT2D eigenvalue weighted by Gasteiger charge is -2.22. The maximum atomic E-state index is 13.6. The van der Waals surface area contributed by atoms with Crippen LogP contribution in [0.2, 0.25) is 0 Å². The fourth-order valence-electron chi connectivity index (χ4n) is 2.04. The van der Waals surface area contributed by atoms with E-state index < -0.39 is 5.82 Å². The fraction of sp³-hybridized carbons (Fsp3) is 0.545. The molecule has 0 bridgehead atoms. The highest BCUT2D eigenvalue weighted by Crippen LogP contribution is 2.18. The van der Waals surface area contributed by atoms with Crippen LogP contribution in [0.5, 0.6) is 0 Å². The lowest BCUT2D eigenvalue weighted by molar-refractivity contribution is -0.128. The summed E-state index contributed by atoms with van der Waals surface area (Å²) in [7, 11) is 0. The van der Waals surface area contributed by atoms with Crippen LogP contribution in [-0.2, 0) is 4.79 Å². The Kier molecular flexibility index (Phi) is 3.59. The molecule has 0 aromatic carbocycles. The van der Waals surface area contributed by atoms with Gasteiger partial charge in [0.15, 0.2) is 11.6 Å². The molecular formula is C11H16FN5O. The highest BCUT2D eigenvalue weighted by Gasteiger charge is 2.20. The zero-order chi connectivity index (χ0) is 13.1. The predicted molar refractivity (Wildman–Crippen MR) is 65.5 cm³/mol. The first-order valence-electron chi connectivity index (χ1n) is 5.86. The SMILES string of the molecule is CC(=O)N1CCCN(c2nc(N)ncc2F)CC1. The summed E-state index contributed by atoms with van der Waals surface area (Å²) in [5.74, 6) is -0.174. The Morgan fingerprint density at radius 1 is 1.39 bits per heavy atom. The van der Waals surface area contributed by atoms with Gasteiger partial charge in [0.05, 0.1) is 6.20 Å².